The molecular formula is C23H24N2O8. The maximum atomic E-state index is 11.9. The van der Waals surface area contributed by atoms with E-state index in [4.69, 9.17) is 29.2 Å². The SMILES string of the molecule is COc1ccc(-c2cnoc2-c2cc(OC)c(OC)c(OC)c2)cc1C(CC(N)=O)C(=O)O. The van der Waals surface area contributed by atoms with E-state index in [1.807, 2.05) is 0 Å². The Bertz CT molecular complexity index is 1150. The number of amides is 1. The lowest BCUT2D eigenvalue weighted by Gasteiger charge is -2.16. The number of carbonyl (C=O) groups excluding carboxylic acids is 1. The Balaban J connectivity index is 2.16. The summed E-state index contributed by atoms with van der Waals surface area (Å²) in [5.41, 5.74) is 7.35. The molecule has 1 amide bonds. The van der Waals surface area contributed by atoms with Gasteiger partial charge in [-0.05, 0) is 29.8 Å². The normalized spacial score (nSPS) is 11.5. The second-order valence-electron chi connectivity index (χ2n) is 7.00. The fraction of sp³-hybridized carbons (Fsp3) is 0.261. The molecule has 0 saturated carbocycles. The number of hydrogen-bond donors (Lipinski definition) is 2. The van der Waals surface area contributed by atoms with Crippen LogP contribution < -0.4 is 24.7 Å². The highest BCUT2D eigenvalue weighted by atomic mass is 16.5. The zero-order valence-electron chi connectivity index (χ0n) is 18.6. The van der Waals surface area contributed by atoms with Gasteiger partial charge in [-0.1, -0.05) is 11.2 Å². The Morgan fingerprint density at radius 2 is 1.61 bits per heavy atom. The van der Waals surface area contributed by atoms with E-state index in [0.29, 0.717) is 51.0 Å². The van der Waals surface area contributed by atoms with Crippen molar-refractivity contribution in [3.8, 4) is 45.4 Å². The number of nitrogens with two attached hydrogens (primary N) is 1. The van der Waals surface area contributed by atoms with Gasteiger partial charge in [0.05, 0.1) is 40.6 Å². The van der Waals surface area contributed by atoms with Gasteiger partial charge in [0.2, 0.25) is 11.7 Å². The van der Waals surface area contributed by atoms with Crippen molar-refractivity contribution in [2.24, 2.45) is 5.73 Å². The van der Waals surface area contributed by atoms with Gasteiger partial charge in [0.1, 0.15) is 5.75 Å². The monoisotopic (exact) mass is 456 g/mol. The number of carboxylic acids is 1. The lowest BCUT2D eigenvalue weighted by molar-refractivity contribution is -0.140. The predicted octanol–water partition coefficient (Wildman–Crippen LogP) is 3.09. The van der Waals surface area contributed by atoms with Crippen molar-refractivity contribution < 1.29 is 38.2 Å². The minimum absolute atomic E-state index is 0.304. The second-order valence-corrected chi connectivity index (χ2v) is 7.00. The summed E-state index contributed by atoms with van der Waals surface area (Å²) in [6.45, 7) is 0. The molecule has 3 aromatic rings. The van der Waals surface area contributed by atoms with E-state index < -0.39 is 17.8 Å². The first-order valence-corrected chi connectivity index (χ1v) is 9.79. The van der Waals surface area contributed by atoms with E-state index >= 15 is 0 Å². The molecule has 0 saturated heterocycles. The van der Waals surface area contributed by atoms with Gasteiger partial charge in [0.25, 0.3) is 0 Å². The van der Waals surface area contributed by atoms with Crippen LogP contribution in [0.5, 0.6) is 23.0 Å². The molecule has 10 nitrogen and oxygen atoms in total. The van der Waals surface area contributed by atoms with Crippen LogP contribution >= 0.6 is 0 Å². The third-order valence-corrected chi connectivity index (χ3v) is 5.12. The predicted molar refractivity (Wildman–Crippen MR) is 118 cm³/mol. The van der Waals surface area contributed by atoms with Gasteiger partial charge in [0, 0.05) is 23.1 Å². The van der Waals surface area contributed by atoms with Crippen LogP contribution in [0.1, 0.15) is 17.9 Å². The zero-order chi connectivity index (χ0) is 24.1. The molecule has 10 heteroatoms. The molecule has 0 aliphatic rings. The zero-order valence-corrected chi connectivity index (χ0v) is 18.6. The number of benzene rings is 2. The van der Waals surface area contributed by atoms with Crippen LogP contribution in [0.25, 0.3) is 22.5 Å². The van der Waals surface area contributed by atoms with Gasteiger partial charge >= 0.3 is 5.97 Å². The Hall–Kier alpha value is -4.21. The molecule has 174 valence electrons. The number of aliphatic carboxylic acids is 1. The molecule has 33 heavy (non-hydrogen) atoms. The minimum Gasteiger partial charge on any atom is -0.496 e. The van der Waals surface area contributed by atoms with Crippen LogP contribution in [-0.4, -0.2) is 50.6 Å². The average Bonchev–Trinajstić information content (AvgIpc) is 3.30. The van der Waals surface area contributed by atoms with E-state index in [9.17, 15) is 14.7 Å². The molecule has 2 aromatic carbocycles. The molecule has 1 atom stereocenters. The van der Waals surface area contributed by atoms with Gasteiger partial charge in [0.15, 0.2) is 17.3 Å². The van der Waals surface area contributed by atoms with E-state index in [2.05, 4.69) is 5.16 Å². The average molecular weight is 456 g/mol. The number of hydrogen-bond acceptors (Lipinski definition) is 8. The lowest BCUT2D eigenvalue weighted by atomic mass is 9.91. The van der Waals surface area contributed by atoms with Crippen molar-refractivity contribution in [1.29, 1.82) is 0 Å². The summed E-state index contributed by atoms with van der Waals surface area (Å²) >= 11 is 0. The van der Waals surface area contributed by atoms with E-state index in [1.54, 1.807) is 30.3 Å². The van der Waals surface area contributed by atoms with Gasteiger partial charge in [-0.3, -0.25) is 9.59 Å². The highest BCUT2D eigenvalue weighted by molar-refractivity contribution is 5.87. The van der Waals surface area contributed by atoms with Crippen molar-refractivity contribution in [2.75, 3.05) is 28.4 Å². The number of ether oxygens (including phenoxy) is 4. The summed E-state index contributed by atoms with van der Waals surface area (Å²) in [6.07, 6.45) is 1.13. The van der Waals surface area contributed by atoms with Crippen LogP contribution in [-0.2, 0) is 9.59 Å². The first-order valence-electron chi connectivity index (χ1n) is 9.79. The maximum absolute atomic E-state index is 11.9. The largest absolute Gasteiger partial charge is 0.496 e. The molecule has 3 N–H and O–H groups in total. The van der Waals surface area contributed by atoms with Gasteiger partial charge < -0.3 is 34.3 Å². The molecular weight excluding hydrogens is 432 g/mol. The highest BCUT2D eigenvalue weighted by Gasteiger charge is 2.27. The fourth-order valence-electron chi connectivity index (χ4n) is 3.57. The summed E-state index contributed by atoms with van der Waals surface area (Å²) in [7, 11) is 5.93. The number of methoxy groups -OCH3 is 4. The number of nitrogens with zero attached hydrogens (tertiary/aromatic N) is 1. The third-order valence-electron chi connectivity index (χ3n) is 5.12. The van der Waals surface area contributed by atoms with Crippen LogP contribution in [0, 0.1) is 0 Å². The molecule has 0 radical (unpaired) electrons. The first kappa shape index (κ1) is 23.5. The molecule has 1 aromatic heterocycles. The maximum Gasteiger partial charge on any atom is 0.311 e. The first-order chi connectivity index (χ1) is 15.8. The molecule has 1 heterocycles. The number of carbonyl (C=O) groups is 2. The lowest BCUT2D eigenvalue weighted by Crippen LogP contribution is -2.21. The Morgan fingerprint density at radius 1 is 0.970 bits per heavy atom. The van der Waals surface area contributed by atoms with E-state index in [1.165, 1.54) is 34.6 Å². The van der Waals surface area contributed by atoms with Gasteiger partial charge in [-0.2, -0.15) is 0 Å². The topological polar surface area (TPSA) is 143 Å². The van der Waals surface area contributed by atoms with Gasteiger partial charge in [-0.15, -0.1) is 0 Å². The fourth-order valence-corrected chi connectivity index (χ4v) is 3.57. The van der Waals surface area contributed by atoms with Crippen molar-refractivity contribution in [3.63, 3.8) is 0 Å². The quantitative estimate of drug-likeness (QED) is 0.470. The summed E-state index contributed by atoms with van der Waals surface area (Å²) in [5.74, 6) is -1.12. The van der Waals surface area contributed by atoms with E-state index in [0.717, 1.165) is 0 Å². The molecule has 0 aliphatic heterocycles. The number of rotatable bonds is 10. The summed E-state index contributed by atoms with van der Waals surface area (Å²) in [5, 5.41) is 13.6. The third kappa shape index (κ3) is 4.69. The number of carboxylic acid groups (broad SMARTS) is 1. The summed E-state index contributed by atoms with van der Waals surface area (Å²) < 4.78 is 27.0. The Morgan fingerprint density at radius 3 is 2.12 bits per heavy atom. The van der Waals surface area contributed by atoms with Crippen LogP contribution in [0.2, 0.25) is 0 Å². The van der Waals surface area contributed by atoms with Crippen molar-refractivity contribution in [2.45, 2.75) is 12.3 Å². The standard InChI is InChI=1S/C23H24N2O8/c1-29-17-6-5-12(7-14(17)15(23(27)28)10-20(24)26)16-11-25-33-21(16)13-8-18(30-2)22(32-4)19(9-13)31-3/h5-9,11,15H,10H2,1-4H3,(H2,24,26)(H,27,28). The van der Waals surface area contributed by atoms with E-state index in [-0.39, 0.29) is 6.42 Å². The molecule has 0 aliphatic carbocycles. The van der Waals surface area contributed by atoms with Crippen molar-refractivity contribution in [3.05, 3.63) is 42.1 Å². The molecule has 0 spiro atoms. The van der Waals surface area contributed by atoms with Crippen molar-refractivity contribution >= 4 is 11.9 Å². The van der Waals surface area contributed by atoms with Crippen LogP contribution in [0.15, 0.2) is 41.1 Å². The molecule has 1 unspecified atom stereocenters. The number of aromatic nitrogens is 1. The summed E-state index contributed by atoms with van der Waals surface area (Å²) in [6, 6.07) is 8.40. The molecule has 0 bridgehead atoms. The van der Waals surface area contributed by atoms with Crippen LogP contribution in [0.4, 0.5) is 0 Å². The van der Waals surface area contributed by atoms with Crippen molar-refractivity contribution in [1.82, 2.24) is 5.16 Å². The van der Waals surface area contributed by atoms with Gasteiger partial charge in [-0.25, -0.2) is 0 Å². The number of primary amides is 1. The smallest absolute Gasteiger partial charge is 0.311 e. The van der Waals surface area contributed by atoms with Crippen LogP contribution in [0.3, 0.4) is 0 Å². The molecule has 0 fully saturated rings. The summed E-state index contributed by atoms with van der Waals surface area (Å²) in [4.78, 5) is 23.3. The second kappa shape index (κ2) is 9.94. The Labute approximate surface area is 189 Å². The minimum atomic E-state index is -1.19. The Kier molecular flexibility index (Phi) is 7.07. The highest BCUT2D eigenvalue weighted by Crippen LogP contribution is 2.44. The molecule has 3 rings (SSSR count).